The fraction of sp³-hybridized carbons (Fsp3) is 0.400. The van der Waals surface area contributed by atoms with Crippen LogP contribution >= 0.6 is 0 Å². The first-order valence-electron chi connectivity index (χ1n) is 11.2. The standard InChI is InChI=1S/C25H30N4O4/c1-5-17-8-9-29-21(14-19-15-28(10-11-33-19)25(31)32-4)23(27-22(29)13-17)20-7-6-18(12-16(20)2)24(30)26-3/h6-9,12-13,19H,5,10-11,14-15H2,1-4H3,(H,26,30)/t19-/m0/s1. The summed E-state index contributed by atoms with van der Waals surface area (Å²) in [4.78, 5) is 30.8. The molecule has 1 atom stereocenters. The minimum Gasteiger partial charge on any atom is -0.453 e. The van der Waals surface area contributed by atoms with Crippen molar-refractivity contribution in [2.75, 3.05) is 33.9 Å². The molecule has 33 heavy (non-hydrogen) atoms. The van der Waals surface area contributed by atoms with Gasteiger partial charge in [0.15, 0.2) is 0 Å². The number of carbonyl (C=O) groups is 2. The van der Waals surface area contributed by atoms with Gasteiger partial charge < -0.3 is 24.1 Å². The van der Waals surface area contributed by atoms with Gasteiger partial charge in [-0.2, -0.15) is 0 Å². The van der Waals surface area contributed by atoms with Crippen molar-refractivity contribution < 1.29 is 19.1 Å². The van der Waals surface area contributed by atoms with Crippen molar-refractivity contribution in [1.82, 2.24) is 19.6 Å². The van der Waals surface area contributed by atoms with Crippen LogP contribution in [-0.4, -0.2) is 66.2 Å². The van der Waals surface area contributed by atoms with Crippen LogP contribution in [0.3, 0.4) is 0 Å². The predicted octanol–water partition coefficient (Wildman–Crippen LogP) is 3.24. The minimum atomic E-state index is -0.338. The van der Waals surface area contributed by atoms with Crippen LogP contribution in [0.2, 0.25) is 0 Å². The van der Waals surface area contributed by atoms with E-state index in [1.807, 2.05) is 25.1 Å². The van der Waals surface area contributed by atoms with Crippen molar-refractivity contribution in [3.63, 3.8) is 0 Å². The Morgan fingerprint density at radius 1 is 1.27 bits per heavy atom. The van der Waals surface area contributed by atoms with Gasteiger partial charge in [0.2, 0.25) is 0 Å². The average molecular weight is 451 g/mol. The number of amides is 2. The fourth-order valence-electron chi connectivity index (χ4n) is 4.34. The Morgan fingerprint density at radius 3 is 2.79 bits per heavy atom. The van der Waals surface area contributed by atoms with Gasteiger partial charge in [-0.1, -0.05) is 13.0 Å². The molecule has 2 aromatic heterocycles. The molecule has 0 radical (unpaired) electrons. The molecule has 174 valence electrons. The van der Waals surface area contributed by atoms with Crippen LogP contribution in [0, 0.1) is 6.92 Å². The highest BCUT2D eigenvalue weighted by Crippen LogP contribution is 2.30. The molecular formula is C25H30N4O4. The molecule has 3 heterocycles. The number of hydrogen-bond acceptors (Lipinski definition) is 5. The van der Waals surface area contributed by atoms with Gasteiger partial charge in [-0.15, -0.1) is 0 Å². The Balaban J connectivity index is 1.76. The van der Waals surface area contributed by atoms with E-state index in [0.717, 1.165) is 34.6 Å². The smallest absolute Gasteiger partial charge is 0.409 e. The summed E-state index contributed by atoms with van der Waals surface area (Å²) in [7, 11) is 3.02. The maximum absolute atomic E-state index is 12.1. The number of fused-ring (bicyclic) bond motifs is 1. The number of carbonyl (C=O) groups excluding carboxylic acids is 2. The van der Waals surface area contributed by atoms with Gasteiger partial charge >= 0.3 is 6.09 Å². The molecule has 3 aromatic rings. The Hall–Kier alpha value is -3.39. The van der Waals surface area contributed by atoms with E-state index in [9.17, 15) is 9.59 Å². The van der Waals surface area contributed by atoms with Crippen LogP contribution in [0.5, 0.6) is 0 Å². The summed E-state index contributed by atoms with van der Waals surface area (Å²) < 4.78 is 13.0. The molecule has 4 rings (SSSR count). The lowest BCUT2D eigenvalue weighted by atomic mass is 9.99. The summed E-state index contributed by atoms with van der Waals surface area (Å²) in [6.45, 7) is 5.55. The lowest BCUT2D eigenvalue weighted by molar-refractivity contribution is -0.0241. The third kappa shape index (κ3) is 4.57. The Kier molecular flexibility index (Phi) is 6.65. The monoisotopic (exact) mass is 450 g/mol. The van der Waals surface area contributed by atoms with E-state index >= 15 is 0 Å². The fourth-order valence-corrected chi connectivity index (χ4v) is 4.34. The van der Waals surface area contributed by atoms with E-state index in [1.165, 1.54) is 12.7 Å². The molecule has 1 aromatic carbocycles. The number of hydrogen-bond donors (Lipinski definition) is 1. The summed E-state index contributed by atoms with van der Waals surface area (Å²) >= 11 is 0. The molecule has 2 amide bonds. The number of aryl methyl sites for hydroxylation is 2. The lowest BCUT2D eigenvalue weighted by Gasteiger charge is -2.32. The molecule has 1 saturated heterocycles. The van der Waals surface area contributed by atoms with Crippen LogP contribution in [0.15, 0.2) is 36.5 Å². The number of methoxy groups -OCH3 is 1. The minimum absolute atomic E-state index is 0.119. The largest absolute Gasteiger partial charge is 0.453 e. The van der Waals surface area contributed by atoms with E-state index in [-0.39, 0.29) is 18.1 Å². The van der Waals surface area contributed by atoms with E-state index in [0.29, 0.717) is 31.7 Å². The SMILES string of the molecule is CCc1ccn2c(C[C@H]3CN(C(=O)OC)CCO3)c(-c3ccc(C(=O)NC)cc3C)nc2c1. The molecule has 1 fully saturated rings. The van der Waals surface area contributed by atoms with Crippen LogP contribution in [0.1, 0.15) is 34.1 Å². The number of imidazole rings is 1. The second-order valence-electron chi connectivity index (χ2n) is 8.25. The summed E-state index contributed by atoms with van der Waals surface area (Å²) in [5.74, 6) is -0.119. The highest BCUT2D eigenvalue weighted by atomic mass is 16.5. The number of ether oxygens (including phenoxy) is 2. The topological polar surface area (TPSA) is 85.2 Å². The molecule has 1 aliphatic heterocycles. The first kappa shape index (κ1) is 22.8. The second-order valence-corrected chi connectivity index (χ2v) is 8.25. The van der Waals surface area contributed by atoms with Crippen molar-refractivity contribution in [3.8, 4) is 11.3 Å². The van der Waals surface area contributed by atoms with Crippen LogP contribution in [0.25, 0.3) is 16.9 Å². The van der Waals surface area contributed by atoms with E-state index in [2.05, 4.69) is 35.0 Å². The third-order valence-electron chi connectivity index (χ3n) is 6.16. The van der Waals surface area contributed by atoms with Gasteiger partial charge in [0, 0.05) is 37.3 Å². The van der Waals surface area contributed by atoms with Crippen LogP contribution < -0.4 is 5.32 Å². The quantitative estimate of drug-likeness (QED) is 0.645. The lowest BCUT2D eigenvalue weighted by Crippen LogP contribution is -2.46. The van der Waals surface area contributed by atoms with Crippen LogP contribution in [-0.2, 0) is 22.3 Å². The molecule has 0 saturated carbocycles. The van der Waals surface area contributed by atoms with E-state index in [1.54, 1.807) is 11.9 Å². The van der Waals surface area contributed by atoms with Crippen LogP contribution in [0.4, 0.5) is 4.79 Å². The molecule has 8 nitrogen and oxygen atoms in total. The number of pyridine rings is 1. The van der Waals surface area contributed by atoms with Crippen molar-refractivity contribution >= 4 is 17.6 Å². The molecule has 8 heteroatoms. The summed E-state index contributed by atoms with van der Waals surface area (Å²) in [5, 5.41) is 2.67. The molecule has 0 spiro atoms. The van der Waals surface area contributed by atoms with Crippen molar-refractivity contribution in [1.29, 1.82) is 0 Å². The number of aromatic nitrogens is 2. The maximum Gasteiger partial charge on any atom is 0.409 e. The molecule has 0 bridgehead atoms. The number of nitrogens with one attached hydrogen (secondary N) is 1. The predicted molar refractivity (Wildman–Crippen MR) is 126 cm³/mol. The molecule has 1 N–H and O–H groups in total. The van der Waals surface area contributed by atoms with Gasteiger partial charge in [0.25, 0.3) is 5.91 Å². The summed E-state index contributed by atoms with van der Waals surface area (Å²) in [6, 6.07) is 9.86. The zero-order chi connectivity index (χ0) is 23.5. The zero-order valence-electron chi connectivity index (χ0n) is 19.6. The van der Waals surface area contributed by atoms with Gasteiger partial charge in [0.1, 0.15) is 5.65 Å². The maximum atomic E-state index is 12.1. The molecular weight excluding hydrogens is 420 g/mol. The average Bonchev–Trinajstić information content (AvgIpc) is 3.19. The highest BCUT2D eigenvalue weighted by molar-refractivity contribution is 5.95. The number of morpholine rings is 1. The first-order chi connectivity index (χ1) is 15.9. The Bertz CT molecular complexity index is 1190. The van der Waals surface area contributed by atoms with Gasteiger partial charge in [-0.05, 0) is 48.7 Å². The number of benzene rings is 1. The third-order valence-corrected chi connectivity index (χ3v) is 6.16. The Morgan fingerprint density at radius 2 is 2.09 bits per heavy atom. The normalized spacial score (nSPS) is 16.1. The van der Waals surface area contributed by atoms with Gasteiger partial charge in [-0.3, -0.25) is 4.79 Å². The summed E-state index contributed by atoms with van der Waals surface area (Å²) in [6.07, 6.45) is 3.05. The second kappa shape index (κ2) is 9.62. The first-order valence-corrected chi connectivity index (χ1v) is 11.2. The molecule has 0 aliphatic carbocycles. The van der Waals surface area contributed by atoms with Gasteiger partial charge in [0.05, 0.1) is 37.8 Å². The number of rotatable bonds is 5. The highest BCUT2D eigenvalue weighted by Gasteiger charge is 2.27. The van der Waals surface area contributed by atoms with Gasteiger partial charge in [-0.25, -0.2) is 9.78 Å². The zero-order valence-corrected chi connectivity index (χ0v) is 19.6. The van der Waals surface area contributed by atoms with E-state index < -0.39 is 0 Å². The number of nitrogens with zero attached hydrogens (tertiary/aromatic N) is 3. The van der Waals surface area contributed by atoms with Crippen molar-refractivity contribution in [2.45, 2.75) is 32.8 Å². The molecule has 1 aliphatic rings. The Labute approximate surface area is 193 Å². The summed E-state index contributed by atoms with van der Waals surface area (Å²) in [5.41, 5.74) is 6.51. The van der Waals surface area contributed by atoms with Crippen molar-refractivity contribution in [3.05, 3.63) is 58.9 Å². The van der Waals surface area contributed by atoms with E-state index in [4.69, 9.17) is 14.5 Å². The van der Waals surface area contributed by atoms with Crippen molar-refractivity contribution in [2.24, 2.45) is 0 Å². The molecule has 0 unspecified atom stereocenters.